The summed E-state index contributed by atoms with van der Waals surface area (Å²) in [6.07, 6.45) is 4.09. The first-order valence-corrected chi connectivity index (χ1v) is 8.43. The van der Waals surface area contributed by atoms with Crippen LogP contribution in [0.3, 0.4) is 0 Å². The first kappa shape index (κ1) is 16.2. The summed E-state index contributed by atoms with van der Waals surface area (Å²) < 4.78 is 5.48. The molecule has 21 heavy (non-hydrogen) atoms. The average Bonchev–Trinajstić information content (AvgIpc) is 2.51. The molecule has 1 aromatic rings. The Morgan fingerprint density at radius 3 is 2.24 bits per heavy atom. The number of hydrogen-bond acceptors (Lipinski definition) is 3. The minimum atomic E-state index is -0.346. The lowest BCUT2D eigenvalue weighted by Crippen LogP contribution is -2.21. The zero-order valence-electron chi connectivity index (χ0n) is 11.5. The van der Waals surface area contributed by atoms with Gasteiger partial charge in [-0.1, -0.05) is 64.6 Å². The number of rotatable bonds is 7. The zero-order valence-corrected chi connectivity index (χ0v) is 13.9. The Morgan fingerprint density at radius 2 is 1.57 bits per heavy atom. The van der Waals surface area contributed by atoms with Crippen LogP contribution in [0.1, 0.15) is 46.4 Å². The van der Waals surface area contributed by atoms with Gasteiger partial charge in [-0.15, -0.1) is 0 Å². The van der Waals surface area contributed by atoms with E-state index in [0.717, 1.165) is 31.0 Å². The SMILES string of the molecule is O=C1C(Cl)=C(OCCCCCCBr)C(=O)c2ccccc21. The first-order valence-electron chi connectivity index (χ1n) is 6.93. The van der Waals surface area contributed by atoms with Crippen LogP contribution in [0, 0.1) is 0 Å². The molecule has 0 saturated heterocycles. The fourth-order valence-electron chi connectivity index (χ4n) is 2.18. The molecule has 0 saturated carbocycles. The van der Waals surface area contributed by atoms with E-state index < -0.39 is 0 Å². The van der Waals surface area contributed by atoms with Crippen molar-refractivity contribution in [2.75, 3.05) is 11.9 Å². The van der Waals surface area contributed by atoms with E-state index in [1.54, 1.807) is 24.3 Å². The van der Waals surface area contributed by atoms with Crippen molar-refractivity contribution in [1.29, 1.82) is 0 Å². The molecule has 5 heteroatoms. The summed E-state index contributed by atoms with van der Waals surface area (Å²) in [7, 11) is 0. The molecular weight excluding hydrogens is 356 g/mol. The fraction of sp³-hybridized carbons (Fsp3) is 0.375. The summed E-state index contributed by atoms with van der Waals surface area (Å²) in [4.78, 5) is 24.4. The van der Waals surface area contributed by atoms with Crippen molar-refractivity contribution < 1.29 is 14.3 Å². The highest BCUT2D eigenvalue weighted by Crippen LogP contribution is 2.29. The van der Waals surface area contributed by atoms with Crippen LogP contribution in [-0.2, 0) is 4.74 Å². The Morgan fingerprint density at radius 1 is 0.952 bits per heavy atom. The van der Waals surface area contributed by atoms with E-state index in [9.17, 15) is 9.59 Å². The number of unbranched alkanes of at least 4 members (excludes halogenated alkanes) is 3. The predicted molar refractivity (Wildman–Crippen MR) is 86.2 cm³/mol. The number of alkyl halides is 1. The molecule has 1 aliphatic rings. The van der Waals surface area contributed by atoms with Crippen LogP contribution < -0.4 is 0 Å². The van der Waals surface area contributed by atoms with Crippen LogP contribution in [0.25, 0.3) is 0 Å². The molecule has 0 unspecified atom stereocenters. The molecule has 0 N–H and O–H groups in total. The van der Waals surface area contributed by atoms with Crippen molar-refractivity contribution in [3.8, 4) is 0 Å². The largest absolute Gasteiger partial charge is 0.488 e. The van der Waals surface area contributed by atoms with Crippen LogP contribution in [0.15, 0.2) is 35.1 Å². The van der Waals surface area contributed by atoms with Gasteiger partial charge in [0.25, 0.3) is 0 Å². The summed E-state index contributed by atoms with van der Waals surface area (Å²) in [5.74, 6) is -0.669. The Hall–Kier alpha value is -1.13. The lowest BCUT2D eigenvalue weighted by Gasteiger charge is -2.18. The van der Waals surface area contributed by atoms with Crippen LogP contribution in [0.5, 0.6) is 0 Å². The number of halogens is 2. The third kappa shape index (κ3) is 3.74. The highest BCUT2D eigenvalue weighted by Gasteiger charge is 2.32. The normalized spacial score (nSPS) is 14.4. The molecular formula is C16H16BrClO3. The lowest BCUT2D eigenvalue weighted by molar-refractivity contribution is 0.0875. The summed E-state index contributed by atoms with van der Waals surface area (Å²) in [6, 6.07) is 6.66. The summed E-state index contributed by atoms with van der Waals surface area (Å²) in [5.41, 5.74) is 0.707. The van der Waals surface area contributed by atoms with Gasteiger partial charge in [0.1, 0.15) is 5.03 Å². The number of ketones is 2. The summed E-state index contributed by atoms with van der Waals surface area (Å²) in [6.45, 7) is 0.398. The molecule has 0 spiro atoms. The Bertz CT molecular complexity index is 581. The molecule has 0 radical (unpaired) electrons. The minimum Gasteiger partial charge on any atom is -0.488 e. The molecule has 3 nitrogen and oxygen atoms in total. The number of Topliss-reactive ketones (excluding diaryl/α,β-unsaturated/α-hetero) is 2. The monoisotopic (exact) mass is 370 g/mol. The smallest absolute Gasteiger partial charge is 0.230 e. The van der Waals surface area contributed by atoms with Crippen LogP contribution >= 0.6 is 27.5 Å². The lowest BCUT2D eigenvalue weighted by atomic mass is 9.93. The highest BCUT2D eigenvalue weighted by atomic mass is 79.9. The number of hydrogen-bond donors (Lipinski definition) is 0. The topological polar surface area (TPSA) is 43.4 Å². The maximum atomic E-state index is 12.3. The van der Waals surface area contributed by atoms with Gasteiger partial charge in [-0.05, 0) is 12.8 Å². The number of allylic oxidation sites excluding steroid dienone is 2. The molecule has 0 fully saturated rings. The molecule has 0 aromatic heterocycles. The third-order valence-electron chi connectivity index (χ3n) is 3.30. The maximum Gasteiger partial charge on any atom is 0.230 e. The van der Waals surface area contributed by atoms with Crippen LogP contribution in [0.4, 0.5) is 0 Å². The number of ether oxygens (including phenoxy) is 1. The van der Waals surface area contributed by atoms with E-state index >= 15 is 0 Å². The van der Waals surface area contributed by atoms with Crippen molar-refractivity contribution in [1.82, 2.24) is 0 Å². The van der Waals surface area contributed by atoms with Crippen molar-refractivity contribution in [2.45, 2.75) is 25.7 Å². The third-order valence-corrected chi connectivity index (χ3v) is 4.20. The van der Waals surface area contributed by atoms with Gasteiger partial charge < -0.3 is 4.74 Å². The number of benzene rings is 1. The van der Waals surface area contributed by atoms with E-state index in [2.05, 4.69) is 15.9 Å². The van der Waals surface area contributed by atoms with Gasteiger partial charge in [-0.25, -0.2) is 0 Å². The van der Waals surface area contributed by atoms with E-state index in [4.69, 9.17) is 16.3 Å². The predicted octanol–water partition coefficient (Wildman–Crippen LogP) is 4.49. The van der Waals surface area contributed by atoms with Crippen molar-refractivity contribution in [2.24, 2.45) is 0 Å². The van der Waals surface area contributed by atoms with Crippen molar-refractivity contribution in [3.63, 3.8) is 0 Å². The van der Waals surface area contributed by atoms with Gasteiger partial charge >= 0.3 is 0 Å². The minimum absolute atomic E-state index is 0.0131. The molecule has 112 valence electrons. The van der Waals surface area contributed by atoms with Crippen LogP contribution in [0.2, 0.25) is 0 Å². The summed E-state index contributed by atoms with van der Waals surface area (Å²) >= 11 is 9.38. The van der Waals surface area contributed by atoms with Gasteiger partial charge in [0.05, 0.1) is 6.61 Å². The first-order chi connectivity index (χ1) is 10.2. The van der Waals surface area contributed by atoms with Crippen LogP contribution in [-0.4, -0.2) is 23.5 Å². The second kappa shape index (κ2) is 7.76. The molecule has 2 rings (SSSR count). The number of carbonyl (C=O) groups is 2. The molecule has 0 heterocycles. The quantitative estimate of drug-likeness (QED) is 0.524. The molecule has 0 aliphatic heterocycles. The number of carbonyl (C=O) groups excluding carboxylic acids is 2. The maximum absolute atomic E-state index is 12.3. The zero-order chi connectivity index (χ0) is 15.2. The molecule has 0 bridgehead atoms. The van der Waals surface area contributed by atoms with Gasteiger partial charge in [-0.3, -0.25) is 9.59 Å². The Kier molecular flexibility index (Phi) is 6.00. The molecule has 0 atom stereocenters. The van der Waals surface area contributed by atoms with E-state index in [-0.39, 0.29) is 22.4 Å². The van der Waals surface area contributed by atoms with Gasteiger partial charge in [0.2, 0.25) is 11.6 Å². The van der Waals surface area contributed by atoms with E-state index in [0.29, 0.717) is 17.7 Å². The highest BCUT2D eigenvalue weighted by molar-refractivity contribution is 9.09. The van der Waals surface area contributed by atoms with E-state index in [1.165, 1.54) is 0 Å². The average molecular weight is 372 g/mol. The number of fused-ring (bicyclic) bond motifs is 1. The summed E-state index contributed by atoms with van der Waals surface area (Å²) in [5, 5.41) is 0.883. The standard InChI is InChI=1S/C16H16BrClO3/c17-9-5-1-2-6-10-21-16-13(18)14(19)11-7-3-4-8-12(11)15(16)20/h3-4,7-8H,1-2,5-6,9-10H2. The molecule has 1 aliphatic carbocycles. The van der Waals surface area contributed by atoms with Gasteiger partial charge in [0, 0.05) is 16.5 Å². The van der Waals surface area contributed by atoms with Crippen molar-refractivity contribution in [3.05, 3.63) is 46.2 Å². The van der Waals surface area contributed by atoms with Gasteiger partial charge in [-0.2, -0.15) is 0 Å². The van der Waals surface area contributed by atoms with Crippen molar-refractivity contribution >= 4 is 39.1 Å². The second-order valence-electron chi connectivity index (χ2n) is 4.80. The molecule has 1 aromatic carbocycles. The Labute approximate surface area is 137 Å². The molecule has 0 amide bonds. The van der Waals surface area contributed by atoms with E-state index in [1.807, 2.05) is 0 Å². The second-order valence-corrected chi connectivity index (χ2v) is 5.97. The fourth-order valence-corrected chi connectivity index (χ4v) is 2.81. The van der Waals surface area contributed by atoms with Gasteiger partial charge in [0.15, 0.2) is 5.76 Å². The Balaban J connectivity index is 2.01.